The summed E-state index contributed by atoms with van der Waals surface area (Å²) in [5, 5.41) is 2.98. The number of nitrogens with one attached hydrogen (secondary N) is 1. The Labute approximate surface area is 206 Å². The molecule has 0 fully saturated rings. The van der Waals surface area contributed by atoms with E-state index < -0.39 is 37.1 Å². The maximum Gasteiger partial charge on any atom is 0.287 e. The Hall–Kier alpha value is -2.98. The van der Waals surface area contributed by atoms with Gasteiger partial charge in [0.05, 0.1) is 5.69 Å². The SMILES string of the molecule is C=S(C)(=O)C1=CCCC=C1CN(C)C1=NS(=O)(=O)c2ccc(F)c([C@H](C)c3ccccc3F)c2N1.[HH]. The Morgan fingerprint density at radius 2 is 1.86 bits per heavy atom. The highest BCUT2D eigenvalue weighted by molar-refractivity contribution is 8.03. The lowest BCUT2D eigenvalue weighted by Gasteiger charge is -2.30. The van der Waals surface area contributed by atoms with E-state index in [1.165, 1.54) is 12.1 Å². The van der Waals surface area contributed by atoms with Crippen molar-refractivity contribution >= 4 is 37.1 Å². The average Bonchev–Trinajstić information content (AvgIpc) is 2.78. The smallest absolute Gasteiger partial charge is 0.287 e. The van der Waals surface area contributed by atoms with Crippen molar-refractivity contribution in [3.8, 4) is 0 Å². The molecule has 1 aliphatic carbocycles. The second-order valence-electron chi connectivity index (χ2n) is 8.83. The second-order valence-corrected chi connectivity index (χ2v) is 12.9. The molecule has 0 bridgehead atoms. The van der Waals surface area contributed by atoms with Crippen LogP contribution in [0.4, 0.5) is 14.5 Å². The quantitative estimate of drug-likeness (QED) is 0.577. The Balaban J connectivity index is 0.00000361. The number of hydrogen-bond donors (Lipinski definition) is 1. The van der Waals surface area contributed by atoms with Crippen LogP contribution >= 0.6 is 0 Å². The maximum atomic E-state index is 15.1. The van der Waals surface area contributed by atoms with Gasteiger partial charge in [0.1, 0.15) is 16.5 Å². The summed E-state index contributed by atoms with van der Waals surface area (Å²) in [6.07, 6.45) is 6.93. The van der Waals surface area contributed by atoms with Gasteiger partial charge in [-0.25, -0.2) is 8.78 Å². The van der Waals surface area contributed by atoms with E-state index in [0.29, 0.717) is 4.91 Å². The summed E-state index contributed by atoms with van der Waals surface area (Å²) in [6, 6.07) is 8.22. The average molecular weight is 522 g/mol. The molecule has 4 rings (SSSR count). The zero-order chi connectivity index (χ0) is 25.5. The van der Waals surface area contributed by atoms with Crippen LogP contribution in [-0.2, 0) is 19.5 Å². The minimum absolute atomic E-state index is 0. The van der Waals surface area contributed by atoms with Crippen LogP contribution in [0.2, 0.25) is 0 Å². The highest BCUT2D eigenvalue weighted by Crippen LogP contribution is 2.40. The summed E-state index contributed by atoms with van der Waals surface area (Å²) in [7, 11) is -5.00. The number of halogens is 2. The van der Waals surface area contributed by atoms with Gasteiger partial charge in [0.15, 0.2) is 0 Å². The predicted molar refractivity (Wildman–Crippen MR) is 140 cm³/mol. The molecule has 0 amide bonds. The predicted octanol–water partition coefficient (Wildman–Crippen LogP) is 4.71. The lowest BCUT2D eigenvalue weighted by atomic mass is 9.91. The van der Waals surface area contributed by atoms with Crippen molar-refractivity contribution in [2.45, 2.75) is 30.6 Å². The molecule has 0 spiro atoms. The van der Waals surface area contributed by atoms with Crippen LogP contribution in [0.3, 0.4) is 0 Å². The van der Waals surface area contributed by atoms with Crippen molar-refractivity contribution in [1.29, 1.82) is 0 Å². The largest absolute Gasteiger partial charge is 0.341 e. The van der Waals surface area contributed by atoms with Crippen molar-refractivity contribution < 1.29 is 22.8 Å². The molecule has 0 saturated heterocycles. The number of hydrogen-bond acceptors (Lipinski definition) is 5. The summed E-state index contributed by atoms with van der Waals surface area (Å²) < 4.78 is 72.3. The highest BCUT2D eigenvalue weighted by Gasteiger charge is 2.33. The molecular formula is C25H29F2N3O3S2. The van der Waals surface area contributed by atoms with Gasteiger partial charge < -0.3 is 10.2 Å². The molecule has 35 heavy (non-hydrogen) atoms. The normalized spacial score (nSPS) is 19.3. The Bertz CT molecular complexity index is 1500. The molecule has 0 aromatic heterocycles. The number of fused-ring (bicyclic) bond motifs is 1. The molecule has 188 valence electrons. The first-order valence-electron chi connectivity index (χ1n) is 11.0. The van der Waals surface area contributed by atoms with Crippen LogP contribution < -0.4 is 5.32 Å². The molecule has 2 aromatic carbocycles. The molecule has 1 unspecified atom stereocenters. The van der Waals surface area contributed by atoms with Gasteiger partial charge in [0, 0.05) is 37.7 Å². The van der Waals surface area contributed by atoms with Crippen LogP contribution in [0, 0.1) is 11.6 Å². The van der Waals surface area contributed by atoms with Gasteiger partial charge in [0.25, 0.3) is 10.0 Å². The second kappa shape index (κ2) is 9.23. The first-order valence-corrected chi connectivity index (χ1v) is 14.6. The van der Waals surface area contributed by atoms with Gasteiger partial charge in [-0.05, 0) is 57.6 Å². The van der Waals surface area contributed by atoms with E-state index in [1.54, 1.807) is 37.3 Å². The molecule has 10 heteroatoms. The molecule has 2 atom stereocenters. The number of sulfonamides is 1. The maximum absolute atomic E-state index is 15.1. The Kier molecular flexibility index (Phi) is 6.63. The van der Waals surface area contributed by atoms with Crippen molar-refractivity contribution in [3.63, 3.8) is 0 Å². The fraction of sp³-hybridized carbons (Fsp3) is 0.280. The number of nitrogens with zero attached hydrogens (tertiary/aromatic N) is 2. The lowest BCUT2D eigenvalue weighted by molar-refractivity contribution is 0.544. The fourth-order valence-corrected chi connectivity index (χ4v) is 6.76. The summed E-state index contributed by atoms with van der Waals surface area (Å²) >= 11 is 0. The minimum atomic E-state index is -4.16. The van der Waals surface area contributed by atoms with Crippen LogP contribution in [0.25, 0.3) is 0 Å². The van der Waals surface area contributed by atoms with E-state index in [0.717, 1.165) is 30.5 Å². The zero-order valence-electron chi connectivity index (χ0n) is 19.7. The summed E-state index contributed by atoms with van der Waals surface area (Å²) in [5.41, 5.74) is 1.08. The van der Waals surface area contributed by atoms with Gasteiger partial charge in [-0.1, -0.05) is 37.3 Å². The van der Waals surface area contributed by atoms with Crippen LogP contribution in [0.15, 0.2) is 68.3 Å². The monoisotopic (exact) mass is 521 g/mol. The molecule has 6 nitrogen and oxygen atoms in total. The Morgan fingerprint density at radius 1 is 1.17 bits per heavy atom. The van der Waals surface area contributed by atoms with Gasteiger partial charge in [0.2, 0.25) is 5.96 Å². The van der Waals surface area contributed by atoms with E-state index >= 15 is 4.39 Å². The van der Waals surface area contributed by atoms with Gasteiger partial charge >= 0.3 is 0 Å². The number of rotatable bonds is 5. The standard InChI is InChI=1S/C25H27F2N3O3S2.H2/c1-16(18-10-6-7-11-19(18)26)23-20(27)13-14-22-24(23)28-25(29-35(22,32)33)30(2)15-17-9-5-8-12-21(17)34(3,4)31;/h6-7,9-14,16H,3,5,8,15H2,1-2,4H3,(H,28,29);1H/t16-,34?;/m1./s1. The number of likely N-dealkylation sites (N-methyl/N-ethyl adjacent to an activating group) is 1. The van der Waals surface area contributed by atoms with Crippen LogP contribution in [-0.4, -0.2) is 49.2 Å². The summed E-state index contributed by atoms with van der Waals surface area (Å²) in [6.45, 7) is 1.84. The van der Waals surface area contributed by atoms with Crippen molar-refractivity contribution in [1.82, 2.24) is 4.90 Å². The van der Waals surface area contributed by atoms with E-state index in [1.807, 2.05) is 12.2 Å². The molecule has 0 radical (unpaired) electrons. The number of benzene rings is 2. The van der Waals surface area contributed by atoms with Gasteiger partial charge in [-0.15, -0.1) is 4.40 Å². The number of guanidine groups is 1. The van der Waals surface area contributed by atoms with Crippen molar-refractivity contribution in [2.75, 3.05) is 25.2 Å². The third-order valence-electron chi connectivity index (χ3n) is 6.12. The molecule has 2 aromatic rings. The first kappa shape index (κ1) is 25.1. The van der Waals surface area contributed by atoms with Crippen LogP contribution in [0.5, 0.6) is 0 Å². The topological polar surface area (TPSA) is 78.8 Å². The number of allylic oxidation sites excluding steroid dienone is 2. The fourth-order valence-electron chi connectivity index (χ4n) is 4.42. The van der Waals surface area contributed by atoms with Gasteiger partial charge in [-0.3, -0.25) is 4.21 Å². The van der Waals surface area contributed by atoms with Crippen molar-refractivity contribution in [3.05, 3.63) is 81.8 Å². The van der Waals surface area contributed by atoms with E-state index in [2.05, 4.69) is 15.6 Å². The van der Waals surface area contributed by atoms with E-state index in [4.69, 9.17) is 0 Å². The zero-order valence-corrected chi connectivity index (χ0v) is 21.3. The molecule has 1 aliphatic heterocycles. The molecule has 0 saturated carbocycles. The Morgan fingerprint density at radius 3 is 2.54 bits per heavy atom. The third kappa shape index (κ3) is 4.90. The molecule has 2 aliphatic rings. The lowest BCUT2D eigenvalue weighted by Crippen LogP contribution is -2.38. The summed E-state index contributed by atoms with van der Waals surface area (Å²) in [4.78, 5) is 2.02. The third-order valence-corrected chi connectivity index (χ3v) is 8.79. The molecule has 1 N–H and O–H groups in total. The highest BCUT2D eigenvalue weighted by atomic mass is 32.2. The molecular weight excluding hydrogens is 492 g/mol. The van der Waals surface area contributed by atoms with E-state index in [9.17, 15) is 17.0 Å². The summed E-state index contributed by atoms with van der Waals surface area (Å²) in [5.74, 6) is 1.82. The minimum Gasteiger partial charge on any atom is -0.341 e. The van der Waals surface area contributed by atoms with Crippen LogP contribution in [0.1, 0.15) is 38.2 Å². The molecule has 1 heterocycles. The van der Waals surface area contributed by atoms with Crippen molar-refractivity contribution in [2.24, 2.45) is 4.40 Å². The van der Waals surface area contributed by atoms with Gasteiger partial charge in [-0.2, -0.15) is 8.42 Å². The number of anilines is 1. The van der Waals surface area contributed by atoms with E-state index in [-0.39, 0.29) is 35.6 Å². The first-order chi connectivity index (χ1) is 16.4.